The van der Waals surface area contributed by atoms with Gasteiger partial charge in [0.2, 0.25) is 5.88 Å². The van der Waals surface area contributed by atoms with Crippen molar-refractivity contribution in [3.63, 3.8) is 0 Å². The number of rotatable bonds is 8. The minimum absolute atomic E-state index is 0.0479. The molecule has 0 bridgehead atoms. The van der Waals surface area contributed by atoms with Gasteiger partial charge in [-0.25, -0.2) is 4.98 Å². The van der Waals surface area contributed by atoms with Crippen molar-refractivity contribution >= 4 is 5.91 Å². The molecular weight excluding hydrogens is 396 g/mol. The fourth-order valence-electron chi connectivity index (χ4n) is 3.80. The van der Waals surface area contributed by atoms with Crippen molar-refractivity contribution in [1.29, 1.82) is 0 Å². The molecule has 0 fully saturated rings. The molecule has 1 aliphatic rings. The van der Waals surface area contributed by atoms with Gasteiger partial charge in [0.1, 0.15) is 18.1 Å². The number of aromatic nitrogens is 3. The molecule has 1 amide bonds. The summed E-state index contributed by atoms with van der Waals surface area (Å²) in [5.41, 5.74) is 4.72. The minimum Gasteiger partial charge on any atom is -0.473 e. The van der Waals surface area contributed by atoms with Crippen molar-refractivity contribution in [2.24, 2.45) is 0 Å². The zero-order valence-corrected chi connectivity index (χ0v) is 18.0. The average molecular weight is 422 g/mol. The second kappa shape index (κ2) is 8.85. The third-order valence-electron chi connectivity index (χ3n) is 5.60. The predicted molar refractivity (Wildman–Crippen MR) is 113 cm³/mol. The van der Waals surface area contributed by atoms with Crippen LogP contribution in [0.3, 0.4) is 0 Å². The van der Waals surface area contributed by atoms with Gasteiger partial charge in [-0.2, -0.15) is 0 Å². The van der Waals surface area contributed by atoms with Gasteiger partial charge in [-0.15, -0.1) is 0 Å². The summed E-state index contributed by atoms with van der Waals surface area (Å²) < 4.78 is 11.3. The summed E-state index contributed by atoms with van der Waals surface area (Å²) in [6.45, 7) is 6.44. The normalized spacial score (nSPS) is 14.1. The number of carbonyl (C=O) groups is 1. The fourth-order valence-corrected chi connectivity index (χ4v) is 3.80. The summed E-state index contributed by atoms with van der Waals surface area (Å²) in [7, 11) is 0. The van der Waals surface area contributed by atoms with Crippen molar-refractivity contribution in [2.45, 2.75) is 52.8 Å². The standard InChI is InChI=1S/C23H26N4O4/c1-4-5-18(12-28)27-11-17-8-21(25-10-19(17)23(27)29)30-13-20-15(3)31-26-22(20)16-7-6-14(2)24-9-16/h6-10,18,28H,4-5,11-13H2,1-3H3/t18-/m0/s1. The lowest BCUT2D eigenvalue weighted by atomic mass is 10.1. The van der Waals surface area contributed by atoms with Crippen molar-refractivity contribution in [3.05, 3.63) is 58.7 Å². The Morgan fingerprint density at radius 1 is 1.26 bits per heavy atom. The van der Waals surface area contributed by atoms with Crippen LogP contribution < -0.4 is 4.74 Å². The molecule has 0 aromatic carbocycles. The number of aliphatic hydroxyl groups is 1. The maximum atomic E-state index is 12.7. The Kier molecular flexibility index (Phi) is 5.99. The molecule has 0 saturated carbocycles. The number of pyridine rings is 2. The Morgan fingerprint density at radius 3 is 2.81 bits per heavy atom. The highest BCUT2D eigenvalue weighted by Gasteiger charge is 2.32. The molecule has 162 valence electrons. The molecule has 0 saturated heterocycles. The zero-order valence-electron chi connectivity index (χ0n) is 18.0. The molecule has 31 heavy (non-hydrogen) atoms. The van der Waals surface area contributed by atoms with E-state index in [1.165, 1.54) is 0 Å². The Hall–Kier alpha value is -3.26. The zero-order chi connectivity index (χ0) is 22.0. The number of fused-ring (bicyclic) bond motifs is 1. The summed E-state index contributed by atoms with van der Waals surface area (Å²) in [6, 6.07) is 5.49. The van der Waals surface area contributed by atoms with Crippen LogP contribution in [-0.2, 0) is 13.2 Å². The van der Waals surface area contributed by atoms with E-state index in [0.29, 0.717) is 29.4 Å². The molecule has 0 spiro atoms. The molecule has 3 aromatic heterocycles. The van der Waals surface area contributed by atoms with Gasteiger partial charge < -0.3 is 19.3 Å². The van der Waals surface area contributed by atoms with Gasteiger partial charge in [-0.3, -0.25) is 9.78 Å². The van der Waals surface area contributed by atoms with E-state index in [1.807, 2.05) is 32.9 Å². The van der Waals surface area contributed by atoms with Gasteiger partial charge in [-0.05, 0) is 38.0 Å². The molecule has 0 unspecified atom stereocenters. The summed E-state index contributed by atoms with van der Waals surface area (Å²) in [5, 5.41) is 13.8. The van der Waals surface area contributed by atoms with Crippen LogP contribution in [0.5, 0.6) is 5.88 Å². The highest BCUT2D eigenvalue weighted by Crippen LogP contribution is 2.29. The van der Waals surface area contributed by atoms with Crippen LogP contribution in [0.2, 0.25) is 0 Å². The first kappa shape index (κ1) is 21.0. The Labute approximate surface area is 180 Å². The highest BCUT2D eigenvalue weighted by molar-refractivity contribution is 5.98. The molecule has 0 aliphatic carbocycles. The van der Waals surface area contributed by atoms with Gasteiger partial charge in [0.05, 0.1) is 23.8 Å². The monoisotopic (exact) mass is 422 g/mol. The molecular formula is C23H26N4O4. The van der Waals surface area contributed by atoms with Gasteiger partial charge >= 0.3 is 0 Å². The van der Waals surface area contributed by atoms with Crippen molar-refractivity contribution in [2.75, 3.05) is 6.61 Å². The second-order valence-corrected chi connectivity index (χ2v) is 7.78. The van der Waals surface area contributed by atoms with E-state index in [9.17, 15) is 9.90 Å². The van der Waals surface area contributed by atoms with Crippen LogP contribution in [0.1, 0.15) is 52.7 Å². The van der Waals surface area contributed by atoms with Crippen LogP contribution in [0.25, 0.3) is 11.3 Å². The molecule has 4 rings (SSSR count). The summed E-state index contributed by atoms with van der Waals surface area (Å²) in [5.74, 6) is 1.01. The molecule has 1 N–H and O–H groups in total. The van der Waals surface area contributed by atoms with E-state index in [4.69, 9.17) is 9.26 Å². The Balaban J connectivity index is 1.50. The number of hydrogen-bond acceptors (Lipinski definition) is 7. The van der Waals surface area contributed by atoms with E-state index >= 15 is 0 Å². The van der Waals surface area contributed by atoms with Crippen LogP contribution in [-0.4, -0.2) is 43.7 Å². The fraction of sp³-hybridized carbons (Fsp3) is 0.391. The molecule has 3 aromatic rings. The number of aliphatic hydroxyl groups excluding tert-OH is 1. The van der Waals surface area contributed by atoms with Crippen molar-refractivity contribution in [1.82, 2.24) is 20.0 Å². The van der Waals surface area contributed by atoms with Gasteiger partial charge in [-0.1, -0.05) is 18.5 Å². The van der Waals surface area contributed by atoms with E-state index in [2.05, 4.69) is 15.1 Å². The summed E-state index contributed by atoms with van der Waals surface area (Å²) >= 11 is 0. The van der Waals surface area contributed by atoms with Gasteiger partial charge in [0.25, 0.3) is 5.91 Å². The van der Waals surface area contributed by atoms with Crippen LogP contribution in [0.15, 0.2) is 35.1 Å². The van der Waals surface area contributed by atoms with Crippen molar-refractivity contribution in [3.8, 4) is 17.1 Å². The lowest BCUT2D eigenvalue weighted by Gasteiger charge is -2.25. The quantitative estimate of drug-likeness (QED) is 0.593. The lowest BCUT2D eigenvalue weighted by Crippen LogP contribution is -2.38. The second-order valence-electron chi connectivity index (χ2n) is 7.78. The van der Waals surface area contributed by atoms with E-state index < -0.39 is 0 Å². The maximum absolute atomic E-state index is 12.7. The first-order valence-electron chi connectivity index (χ1n) is 10.4. The minimum atomic E-state index is -0.181. The largest absolute Gasteiger partial charge is 0.473 e. The molecule has 4 heterocycles. The van der Waals surface area contributed by atoms with Crippen LogP contribution >= 0.6 is 0 Å². The number of carbonyl (C=O) groups excluding carboxylic acids is 1. The smallest absolute Gasteiger partial charge is 0.256 e. The highest BCUT2D eigenvalue weighted by atomic mass is 16.5. The number of aryl methyl sites for hydroxylation is 2. The topological polar surface area (TPSA) is 102 Å². The van der Waals surface area contributed by atoms with E-state index in [0.717, 1.165) is 35.2 Å². The number of amides is 1. The average Bonchev–Trinajstić information content (AvgIpc) is 3.30. The predicted octanol–water partition coefficient (Wildman–Crippen LogP) is 3.44. The Morgan fingerprint density at radius 2 is 2.10 bits per heavy atom. The summed E-state index contributed by atoms with van der Waals surface area (Å²) in [6.07, 6.45) is 4.97. The van der Waals surface area contributed by atoms with Crippen LogP contribution in [0.4, 0.5) is 0 Å². The molecule has 1 atom stereocenters. The molecule has 0 radical (unpaired) electrons. The maximum Gasteiger partial charge on any atom is 0.256 e. The number of ether oxygens (including phenoxy) is 1. The third kappa shape index (κ3) is 4.16. The third-order valence-corrected chi connectivity index (χ3v) is 5.60. The van der Waals surface area contributed by atoms with E-state index in [1.54, 1.807) is 23.4 Å². The van der Waals surface area contributed by atoms with E-state index in [-0.39, 0.29) is 25.2 Å². The van der Waals surface area contributed by atoms with Gasteiger partial charge in [0, 0.05) is 36.3 Å². The number of hydrogen-bond donors (Lipinski definition) is 1. The Bertz CT molecular complexity index is 1080. The lowest BCUT2D eigenvalue weighted by molar-refractivity contribution is 0.0602. The van der Waals surface area contributed by atoms with Crippen LogP contribution in [0, 0.1) is 13.8 Å². The SMILES string of the molecule is CCC[C@@H](CO)N1Cc2cc(OCc3c(-c4ccc(C)nc4)noc3C)ncc2C1=O. The summed E-state index contributed by atoms with van der Waals surface area (Å²) in [4.78, 5) is 23.1. The first-order chi connectivity index (χ1) is 15.0. The molecule has 1 aliphatic heterocycles. The number of nitrogens with zero attached hydrogens (tertiary/aromatic N) is 4. The van der Waals surface area contributed by atoms with Crippen molar-refractivity contribution < 1.29 is 19.2 Å². The molecule has 8 nitrogen and oxygen atoms in total. The first-order valence-corrected chi connectivity index (χ1v) is 10.4. The molecule has 8 heteroatoms. The van der Waals surface area contributed by atoms with Gasteiger partial charge in [0.15, 0.2) is 0 Å².